The molecule has 2 N–H and O–H groups in total. The molecule has 2 nitrogen and oxygen atoms in total. The maximum Gasteiger partial charge on any atom is 0.0756 e. The van der Waals surface area contributed by atoms with Crippen molar-refractivity contribution in [1.82, 2.24) is 0 Å². The lowest BCUT2D eigenvalue weighted by Crippen LogP contribution is -2.57. The van der Waals surface area contributed by atoms with Crippen LogP contribution in [0.15, 0.2) is 24.3 Å². The minimum atomic E-state index is -0.341. The summed E-state index contributed by atoms with van der Waals surface area (Å²) in [6, 6.07) is 0. The highest BCUT2D eigenvalue weighted by Crippen LogP contribution is 2.63. The van der Waals surface area contributed by atoms with Crippen LogP contribution in [0.1, 0.15) is 59.3 Å². The number of hydrogen-bond acceptors (Lipinski definition) is 2. The molecule has 3 aliphatic carbocycles. The predicted octanol–water partition coefficient (Wildman–Crippen LogP) is 4.08. The van der Waals surface area contributed by atoms with Gasteiger partial charge < -0.3 is 10.2 Å². The van der Waals surface area contributed by atoms with E-state index in [1.807, 2.05) is 6.08 Å². The number of fused-ring (bicyclic) bond motifs is 3. The van der Waals surface area contributed by atoms with Gasteiger partial charge in [-0.25, -0.2) is 0 Å². The van der Waals surface area contributed by atoms with E-state index >= 15 is 0 Å². The molecule has 3 unspecified atom stereocenters. The summed E-state index contributed by atoms with van der Waals surface area (Å²) >= 11 is 0. The first-order chi connectivity index (χ1) is 10.3. The Bertz CT molecular complexity index is 492. The molecule has 0 aromatic carbocycles. The first-order valence-electron chi connectivity index (χ1n) is 8.93. The van der Waals surface area contributed by atoms with Crippen LogP contribution in [0.5, 0.6) is 0 Å². The standard InChI is InChI=1S/C20H32O2/c1-5-19(4)10-7-15-14(12-19)16(22)11-17-18(2,3)8-6-9-20(15,17)13-21/h5,12,15-17,21-22H,1,6-11,13H2,2-4H3/t15?,16?,17?,19-,20-/m0/s1. The van der Waals surface area contributed by atoms with Gasteiger partial charge in [-0.15, -0.1) is 6.58 Å². The predicted molar refractivity (Wildman–Crippen MR) is 90.4 cm³/mol. The number of allylic oxidation sites excluding steroid dienone is 2. The van der Waals surface area contributed by atoms with Gasteiger partial charge in [-0.1, -0.05) is 39.3 Å². The van der Waals surface area contributed by atoms with Crippen molar-refractivity contribution in [3.8, 4) is 0 Å². The van der Waals surface area contributed by atoms with Crippen molar-refractivity contribution in [3.05, 3.63) is 24.3 Å². The highest BCUT2D eigenvalue weighted by molar-refractivity contribution is 5.30. The normalized spacial score (nSPS) is 47.1. The molecule has 3 rings (SSSR count). The molecule has 0 aromatic heterocycles. The van der Waals surface area contributed by atoms with Gasteiger partial charge in [-0.2, -0.15) is 0 Å². The van der Waals surface area contributed by atoms with E-state index in [4.69, 9.17) is 0 Å². The van der Waals surface area contributed by atoms with E-state index < -0.39 is 0 Å². The van der Waals surface area contributed by atoms with Crippen LogP contribution in [0.4, 0.5) is 0 Å². The van der Waals surface area contributed by atoms with Crippen LogP contribution in [0.3, 0.4) is 0 Å². The number of rotatable bonds is 2. The molecule has 2 saturated carbocycles. The highest BCUT2D eigenvalue weighted by atomic mass is 16.3. The fourth-order valence-electron chi connectivity index (χ4n) is 5.91. The van der Waals surface area contributed by atoms with Crippen LogP contribution < -0.4 is 0 Å². The molecule has 0 heterocycles. The zero-order chi connectivity index (χ0) is 16.2. The van der Waals surface area contributed by atoms with Crippen LogP contribution >= 0.6 is 0 Å². The Kier molecular flexibility index (Phi) is 3.85. The van der Waals surface area contributed by atoms with E-state index in [1.54, 1.807) is 0 Å². The van der Waals surface area contributed by atoms with Crippen molar-refractivity contribution >= 4 is 0 Å². The van der Waals surface area contributed by atoms with E-state index in [1.165, 1.54) is 18.4 Å². The molecule has 0 aromatic rings. The van der Waals surface area contributed by atoms with E-state index in [0.29, 0.717) is 11.8 Å². The van der Waals surface area contributed by atoms with E-state index in [-0.39, 0.29) is 29.0 Å². The third kappa shape index (κ3) is 2.22. The van der Waals surface area contributed by atoms with Crippen molar-refractivity contribution in [2.45, 2.75) is 65.4 Å². The zero-order valence-corrected chi connectivity index (χ0v) is 14.4. The monoisotopic (exact) mass is 304 g/mol. The van der Waals surface area contributed by atoms with Crippen molar-refractivity contribution in [2.75, 3.05) is 6.61 Å². The Morgan fingerprint density at radius 2 is 2.00 bits per heavy atom. The van der Waals surface area contributed by atoms with Gasteiger partial charge in [0.05, 0.1) is 6.10 Å². The smallest absolute Gasteiger partial charge is 0.0756 e. The summed E-state index contributed by atoms with van der Waals surface area (Å²) in [6.07, 6.45) is 10.4. The topological polar surface area (TPSA) is 40.5 Å². The first-order valence-corrected chi connectivity index (χ1v) is 8.93. The average Bonchev–Trinajstić information content (AvgIpc) is 2.48. The molecule has 0 radical (unpaired) electrons. The molecular weight excluding hydrogens is 272 g/mol. The molecule has 124 valence electrons. The summed E-state index contributed by atoms with van der Waals surface area (Å²) in [5, 5.41) is 21.2. The Labute approximate surface area is 135 Å². The maximum absolute atomic E-state index is 10.8. The molecule has 0 bridgehead atoms. The average molecular weight is 304 g/mol. The highest BCUT2D eigenvalue weighted by Gasteiger charge is 2.58. The molecular formula is C20H32O2. The van der Waals surface area contributed by atoms with E-state index in [0.717, 1.165) is 25.7 Å². The summed E-state index contributed by atoms with van der Waals surface area (Å²) in [4.78, 5) is 0. The fraction of sp³-hybridized carbons (Fsp3) is 0.800. The molecule has 0 saturated heterocycles. The van der Waals surface area contributed by atoms with Gasteiger partial charge in [0.1, 0.15) is 0 Å². The third-order valence-corrected chi connectivity index (χ3v) is 7.27. The van der Waals surface area contributed by atoms with Gasteiger partial charge in [0, 0.05) is 17.4 Å². The fourth-order valence-corrected chi connectivity index (χ4v) is 5.91. The number of aliphatic hydroxyl groups excluding tert-OH is 2. The van der Waals surface area contributed by atoms with Gasteiger partial charge in [0.15, 0.2) is 0 Å². The molecule has 0 aliphatic heterocycles. The van der Waals surface area contributed by atoms with Crippen LogP contribution in [0.25, 0.3) is 0 Å². The lowest BCUT2D eigenvalue weighted by molar-refractivity contribution is -0.123. The second kappa shape index (κ2) is 5.21. The van der Waals surface area contributed by atoms with Crippen LogP contribution in [-0.4, -0.2) is 22.9 Å². The van der Waals surface area contributed by atoms with Crippen molar-refractivity contribution < 1.29 is 10.2 Å². The third-order valence-electron chi connectivity index (χ3n) is 7.27. The minimum Gasteiger partial charge on any atom is -0.396 e. The van der Waals surface area contributed by atoms with Crippen molar-refractivity contribution in [3.63, 3.8) is 0 Å². The summed E-state index contributed by atoms with van der Waals surface area (Å²) in [5.41, 5.74) is 1.39. The Morgan fingerprint density at radius 3 is 2.64 bits per heavy atom. The lowest BCUT2D eigenvalue weighted by Gasteiger charge is -2.61. The van der Waals surface area contributed by atoms with Gasteiger partial charge in [-0.05, 0) is 54.9 Å². The van der Waals surface area contributed by atoms with Gasteiger partial charge in [-0.3, -0.25) is 0 Å². The quantitative estimate of drug-likeness (QED) is 0.755. The van der Waals surface area contributed by atoms with Crippen molar-refractivity contribution in [2.24, 2.45) is 28.1 Å². The second-order valence-electron chi connectivity index (χ2n) is 8.98. The minimum absolute atomic E-state index is 0.000477. The second-order valence-corrected chi connectivity index (χ2v) is 8.98. The summed E-state index contributed by atoms with van der Waals surface area (Å²) in [7, 11) is 0. The van der Waals surface area contributed by atoms with Crippen LogP contribution in [-0.2, 0) is 0 Å². The molecule has 3 aliphatic rings. The molecule has 2 fully saturated rings. The SMILES string of the molecule is C=C[C@]1(C)C=C2C(O)CC3C(C)(C)CCC[C@]3(CO)C2CC1. The molecule has 22 heavy (non-hydrogen) atoms. The number of aliphatic hydroxyl groups is 2. The zero-order valence-electron chi connectivity index (χ0n) is 14.4. The van der Waals surface area contributed by atoms with Crippen LogP contribution in [0, 0.1) is 28.1 Å². The number of hydrogen-bond donors (Lipinski definition) is 2. The lowest BCUT2D eigenvalue weighted by atomic mass is 9.44. The van der Waals surface area contributed by atoms with Gasteiger partial charge in [0.2, 0.25) is 0 Å². The Balaban J connectivity index is 2.06. The largest absolute Gasteiger partial charge is 0.396 e. The van der Waals surface area contributed by atoms with Gasteiger partial charge >= 0.3 is 0 Å². The van der Waals surface area contributed by atoms with Crippen molar-refractivity contribution in [1.29, 1.82) is 0 Å². The van der Waals surface area contributed by atoms with E-state index in [2.05, 4.69) is 33.4 Å². The molecule has 2 heteroatoms. The summed E-state index contributed by atoms with van der Waals surface area (Å²) in [6.45, 7) is 11.1. The Morgan fingerprint density at radius 1 is 1.27 bits per heavy atom. The van der Waals surface area contributed by atoms with E-state index in [9.17, 15) is 10.2 Å². The Hall–Kier alpha value is -0.600. The summed E-state index contributed by atoms with van der Waals surface area (Å²) < 4.78 is 0. The first kappa shape index (κ1) is 16.3. The molecule has 0 spiro atoms. The van der Waals surface area contributed by atoms with Gasteiger partial charge in [0.25, 0.3) is 0 Å². The molecule has 5 atom stereocenters. The summed E-state index contributed by atoms with van der Waals surface area (Å²) in [5.74, 6) is 0.767. The maximum atomic E-state index is 10.8. The molecule has 0 amide bonds. The van der Waals surface area contributed by atoms with Crippen LogP contribution in [0.2, 0.25) is 0 Å².